The zero-order valence-corrected chi connectivity index (χ0v) is 10.5. The van der Waals surface area contributed by atoms with Crippen molar-refractivity contribution >= 4 is 9.68 Å². The van der Waals surface area contributed by atoms with Crippen molar-refractivity contribution in [2.24, 2.45) is 17.3 Å². The number of rotatable bonds is 0. The van der Waals surface area contributed by atoms with Crippen LogP contribution in [0.3, 0.4) is 0 Å². The SMILES string of the molecule is C[C@@H]1[C](=[W])C[C@]2(C)C[C@@H]1CC2=O. The number of fused-ring (bicyclic) bond motifs is 2. The minimum absolute atomic E-state index is 0.0499. The van der Waals surface area contributed by atoms with Crippen LogP contribution in [0, 0.1) is 17.3 Å². The molecule has 3 atom stereocenters. The van der Waals surface area contributed by atoms with E-state index in [2.05, 4.69) is 13.8 Å². The zero-order chi connectivity index (χ0) is 8.93. The Morgan fingerprint density at radius 3 is 2.92 bits per heavy atom. The van der Waals surface area contributed by atoms with Crippen molar-refractivity contribution in [1.82, 2.24) is 0 Å². The van der Waals surface area contributed by atoms with E-state index in [1.54, 1.807) is 23.3 Å². The molecule has 0 radical (unpaired) electrons. The second-order valence-electron chi connectivity index (χ2n) is 4.58. The Hall–Kier alpha value is 0.228. The Kier molecular flexibility index (Phi) is 1.91. The molecule has 66 valence electrons. The number of Topliss-reactive ketones (excluding diaryl/α,β-unsaturated/α-hetero) is 1. The number of carbonyl (C=O) groups excluding carboxylic acids is 1. The molecule has 0 N–H and O–H groups in total. The first-order valence-corrected chi connectivity index (χ1v) is 6.06. The fourth-order valence-corrected chi connectivity index (χ4v) is 4.42. The summed E-state index contributed by atoms with van der Waals surface area (Å²) in [5.41, 5.74) is 0.0499. The zero-order valence-electron chi connectivity index (χ0n) is 7.59. The van der Waals surface area contributed by atoms with E-state index in [1.165, 1.54) is 0 Å². The molecule has 2 bridgehead atoms. The molecule has 0 saturated heterocycles. The minimum atomic E-state index is 0.0499. The van der Waals surface area contributed by atoms with Gasteiger partial charge in [-0.25, -0.2) is 0 Å². The normalized spacial score (nSPS) is 46.8. The standard InChI is InChI=1S/C10H14O.W/c1-7-3-4-10(2)6-8(7)5-9(10)11;/h7-8H,4-6H2,1-2H3;/t7-,8+,10-;/m1./s1. The van der Waals surface area contributed by atoms with Crippen molar-refractivity contribution in [2.75, 3.05) is 0 Å². The van der Waals surface area contributed by atoms with Gasteiger partial charge in [-0.05, 0) is 0 Å². The van der Waals surface area contributed by atoms with E-state index in [-0.39, 0.29) is 5.41 Å². The molecule has 0 unspecified atom stereocenters. The molecule has 0 heterocycles. The molecule has 0 aliphatic heterocycles. The van der Waals surface area contributed by atoms with Gasteiger partial charge in [0.1, 0.15) is 0 Å². The first kappa shape index (κ1) is 8.81. The summed E-state index contributed by atoms with van der Waals surface area (Å²) in [6, 6.07) is 0. The summed E-state index contributed by atoms with van der Waals surface area (Å²) >= 11 is 1.60. The molecule has 2 heteroatoms. The van der Waals surface area contributed by atoms with Gasteiger partial charge in [0, 0.05) is 0 Å². The van der Waals surface area contributed by atoms with Gasteiger partial charge in [-0.3, -0.25) is 0 Å². The molecule has 0 amide bonds. The molecule has 0 aromatic rings. The first-order valence-electron chi connectivity index (χ1n) is 4.59. The van der Waals surface area contributed by atoms with Gasteiger partial charge in [-0.2, -0.15) is 0 Å². The average Bonchev–Trinajstić information content (AvgIpc) is 2.22. The summed E-state index contributed by atoms with van der Waals surface area (Å²) in [5.74, 6) is 1.93. The fourth-order valence-electron chi connectivity index (χ4n) is 2.58. The number of carbonyl (C=O) groups is 1. The third-order valence-electron chi connectivity index (χ3n) is 3.61. The van der Waals surface area contributed by atoms with Crippen LogP contribution in [0.1, 0.15) is 33.1 Å². The Balaban J connectivity index is 2.34. The molecule has 2 aliphatic carbocycles. The van der Waals surface area contributed by atoms with E-state index in [0.717, 1.165) is 25.2 Å². The summed E-state index contributed by atoms with van der Waals surface area (Å²) in [6.45, 7) is 4.45. The Morgan fingerprint density at radius 2 is 2.25 bits per heavy atom. The van der Waals surface area contributed by atoms with E-state index in [1.807, 2.05) is 0 Å². The quantitative estimate of drug-likeness (QED) is 0.660. The average molecular weight is 334 g/mol. The van der Waals surface area contributed by atoms with Crippen molar-refractivity contribution in [3.05, 3.63) is 0 Å². The van der Waals surface area contributed by atoms with E-state index in [0.29, 0.717) is 11.7 Å². The van der Waals surface area contributed by atoms with Crippen LogP contribution >= 0.6 is 0 Å². The third kappa shape index (κ3) is 1.09. The van der Waals surface area contributed by atoms with Crippen LogP contribution in [-0.4, -0.2) is 9.68 Å². The molecule has 0 aromatic carbocycles. The topological polar surface area (TPSA) is 17.1 Å². The van der Waals surface area contributed by atoms with Crippen LogP contribution in [0.5, 0.6) is 0 Å². The van der Waals surface area contributed by atoms with Gasteiger partial charge in [0.05, 0.1) is 0 Å². The monoisotopic (exact) mass is 334 g/mol. The molecular formula is C10H14OW. The van der Waals surface area contributed by atoms with Gasteiger partial charge in [-0.15, -0.1) is 0 Å². The molecule has 2 saturated carbocycles. The number of hydrogen-bond acceptors (Lipinski definition) is 1. The third-order valence-corrected chi connectivity index (χ3v) is 5.47. The van der Waals surface area contributed by atoms with Crippen molar-refractivity contribution in [1.29, 1.82) is 0 Å². The van der Waals surface area contributed by atoms with Gasteiger partial charge in [0.25, 0.3) is 0 Å². The van der Waals surface area contributed by atoms with Crippen LogP contribution in [-0.2, 0) is 24.1 Å². The van der Waals surface area contributed by atoms with Gasteiger partial charge < -0.3 is 0 Å². The molecule has 12 heavy (non-hydrogen) atoms. The molecule has 0 spiro atoms. The van der Waals surface area contributed by atoms with Crippen LogP contribution in [0.15, 0.2) is 0 Å². The Bertz CT molecular complexity index is 259. The maximum atomic E-state index is 11.7. The van der Waals surface area contributed by atoms with Crippen LogP contribution < -0.4 is 0 Å². The second-order valence-corrected chi connectivity index (χ2v) is 6.47. The van der Waals surface area contributed by atoms with Crippen molar-refractivity contribution in [3.63, 3.8) is 0 Å². The fraction of sp³-hybridized carbons (Fsp3) is 0.800. The van der Waals surface area contributed by atoms with E-state index in [4.69, 9.17) is 0 Å². The van der Waals surface area contributed by atoms with Crippen molar-refractivity contribution in [2.45, 2.75) is 33.1 Å². The molecular weight excluding hydrogens is 320 g/mol. The predicted octanol–water partition coefficient (Wildman–Crippen LogP) is 1.73. The number of hydrogen-bond donors (Lipinski definition) is 0. The first-order chi connectivity index (χ1) is 5.53. The molecule has 1 nitrogen and oxygen atoms in total. The summed E-state index contributed by atoms with van der Waals surface area (Å²) in [5, 5.41) is 0. The predicted molar refractivity (Wildman–Crippen MR) is 44.6 cm³/mol. The van der Waals surface area contributed by atoms with Crippen LogP contribution in [0.2, 0.25) is 0 Å². The summed E-state index contributed by atoms with van der Waals surface area (Å²) in [7, 11) is 0. The molecule has 2 fully saturated rings. The van der Waals surface area contributed by atoms with E-state index < -0.39 is 0 Å². The van der Waals surface area contributed by atoms with Gasteiger partial charge in [-0.1, -0.05) is 0 Å². The van der Waals surface area contributed by atoms with E-state index >= 15 is 0 Å². The van der Waals surface area contributed by atoms with Crippen LogP contribution in [0.4, 0.5) is 0 Å². The summed E-state index contributed by atoms with van der Waals surface area (Å²) in [6.07, 6.45) is 3.09. The number of ketones is 1. The van der Waals surface area contributed by atoms with Crippen molar-refractivity contribution in [3.8, 4) is 0 Å². The van der Waals surface area contributed by atoms with Gasteiger partial charge in [0.2, 0.25) is 0 Å². The Labute approximate surface area is 84.3 Å². The molecule has 2 rings (SSSR count). The van der Waals surface area contributed by atoms with Crippen molar-refractivity contribution < 1.29 is 24.1 Å². The molecule has 0 aromatic heterocycles. The maximum absolute atomic E-state index is 11.7. The second kappa shape index (κ2) is 2.61. The van der Waals surface area contributed by atoms with Crippen LogP contribution in [0.25, 0.3) is 0 Å². The summed E-state index contributed by atoms with van der Waals surface area (Å²) in [4.78, 5) is 11.7. The van der Waals surface area contributed by atoms with Gasteiger partial charge in [0.15, 0.2) is 0 Å². The Morgan fingerprint density at radius 1 is 1.58 bits per heavy atom. The van der Waals surface area contributed by atoms with Gasteiger partial charge >= 0.3 is 84.2 Å². The summed E-state index contributed by atoms with van der Waals surface area (Å²) < 4.78 is 1.62. The van der Waals surface area contributed by atoms with E-state index in [9.17, 15) is 4.79 Å². The molecule has 2 aliphatic rings.